The summed E-state index contributed by atoms with van der Waals surface area (Å²) in [5.74, 6) is 1.35. The predicted octanol–water partition coefficient (Wildman–Crippen LogP) is 4.02. The lowest BCUT2D eigenvalue weighted by molar-refractivity contribution is 0.972. The molecule has 0 saturated carbocycles. The van der Waals surface area contributed by atoms with Crippen LogP contribution in [0, 0.1) is 0 Å². The molecule has 2 heterocycles. The van der Waals surface area contributed by atoms with Gasteiger partial charge in [-0.3, -0.25) is 0 Å². The number of hydrogen-bond donors (Lipinski definition) is 3. The van der Waals surface area contributed by atoms with Gasteiger partial charge in [0.05, 0.1) is 6.21 Å². The molecule has 0 aliphatic rings. The van der Waals surface area contributed by atoms with Gasteiger partial charge in [0.2, 0.25) is 11.1 Å². The maximum absolute atomic E-state index is 4.37. The van der Waals surface area contributed by atoms with Crippen molar-refractivity contribution < 1.29 is 0 Å². The van der Waals surface area contributed by atoms with E-state index in [2.05, 4.69) is 48.9 Å². The van der Waals surface area contributed by atoms with E-state index in [0.717, 1.165) is 22.2 Å². The molecule has 3 N–H and O–H groups in total. The molecule has 0 saturated heterocycles. The van der Waals surface area contributed by atoms with Crippen LogP contribution >= 0.6 is 11.8 Å². The molecule has 0 fully saturated rings. The van der Waals surface area contributed by atoms with Gasteiger partial charge in [0.15, 0.2) is 0 Å². The van der Waals surface area contributed by atoms with Crippen LogP contribution in [0.25, 0.3) is 10.9 Å². The lowest BCUT2D eigenvalue weighted by Crippen LogP contribution is -1.92. The minimum absolute atomic E-state index is 0.520. The summed E-state index contributed by atoms with van der Waals surface area (Å²) in [4.78, 5) is 7.59. The molecule has 0 atom stereocenters. The zero-order chi connectivity index (χ0) is 16.9. The highest BCUT2D eigenvalue weighted by molar-refractivity contribution is 7.98. The highest BCUT2D eigenvalue weighted by Gasteiger charge is 2.04. The molecule has 0 aliphatic carbocycles. The van der Waals surface area contributed by atoms with Gasteiger partial charge in [0, 0.05) is 28.4 Å². The van der Waals surface area contributed by atoms with Crippen LogP contribution in [0.3, 0.4) is 0 Å². The molecule has 4 aromatic rings. The van der Waals surface area contributed by atoms with Gasteiger partial charge in [0.1, 0.15) is 0 Å². The van der Waals surface area contributed by atoms with Crippen molar-refractivity contribution in [1.82, 2.24) is 20.2 Å². The Bertz CT molecular complexity index is 989. The topological polar surface area (TPSA) is 81.8 Å². The number of benzene rings is 2. The third-order valence-corrected chi connectivity index (χ3v) is 4.59. The molecular weight excluding hydrogens is 332 g/mol. The van der Waals surface area contributed by atoms with Crippen molar-refractivity contribution in [2.24, 2.45) is 5.10 Å². The summed E-state index contributed by atoms with van der Waals surface area (Å²) in [5.41, 5.74) is 6.22. The van der Waals surface area contributed by atoms with Gasteiger partial charge in [-0.15, -0.1) is 5.10 Å². The molecule has 0 aliphatic heterocycles. The van der Waals surface area contributed by atoms with E-state index in [4.69, 9.17) is 0 Å². The van der Waals surface area contributed by atoms with E-state index in [1.807, 2.05) is 42.6 Å². The summed E-state index contributed by atoms with van der Waals surface area (Å²) in [5, 5.41) is 13.1. The lowest BCUT2D eigenvalue weighted by atomic mass is 10.2. The second kappa shape index (κ2) is 7.23. The number of anilines is 1. The molecule has 0 radical (unpaired) electrons. The molecule has 0 unspecified atom stereocenters. The second-order valence-corrected chi connectivity index (χ2v) is 6.34. The Morgan fingerprint density at radius 2 is 1.92 bits per heavy atom. The minimum Gasteiger partial charge on any atom is -0.361 e. The summed E-state index contributed by atoms with van der Waals surface area (Å²) in [6, 6.07) is 18.3. The average molecular weight is 348 g/mol. The van der Waals surface area contributed by atoms with Crippen molar-refractivity contribution in [2.75, 3.05) is 5.43 Å². The smallest absolute Gasteiger partial charge is 0.240 e. The zero-order valence-electron chi connectivity index (χ0n) is 13.3. The van der Waals surface area contributed by atoms with Gasteiger partial charge in [-0.1, -0.05) is 60.3 Å². The fourth-order valence-corrected chi connectivity index (χ4v) is 3.20. The van der Waals surface area contributed by atoms with E-state index in [-0.39, 0.29) is 0 Å². The molecule has 2 aromatic carbocycles. The Kier molecular flexibility index (Phi) is 4.47. The van der Waals surface area contributed by atoms with E-state index >= 15 is 0 Å². The van der Waals surface area contributed by atoms with E-state index in [1.54, 1.807) is 18.0 Å². The third-order valence-electron chi connectivity index (χ3n) is 3.67. The quantitative estimate of drug-likeness (QED) is 0.279. The Morgan fingerprint density at radius 3 is 2.84 bits per heavy atom. The van der Waals surface area contributed by atoms with E-state index in [9.17, 15) is 0 Å². The third kappa shape index (κ3) is 3.72. The maximum atomic E-state index is 4.37. The molecule has 25 heavy (non-hydrogen) atoms. The number of hydrazone groups is 1. The number of rotatable bonds is 6. The number of H-pyrrole nitrogens is 2. The predicted molar refractivity (Wildman–Crippen MR) is 102 cm³/mol. The van der Waals surface area contributed by atoms with E-state index in [0.29, 0.717) is 11.1 Å². The highest BCUT2D eigenvalue weighted by Crippen LogP contribution is 2.20. The van der Waals surface area contributed by atoms with Crippen LogP contribution in [-0.2, 0) is 5.75 Å². The molecule has 4 rings (SSSR count). The number of fused-ring (bicyclic) bond motifs is 1. The van der Waals surface area contributed by atoms with Crippen molar-refractivity contribution >= 4 is 34.8 Å². The minimum atomic E-state index is 0.520. The largest absolute Gasteiger partial charge is 0.361 e. The first-order chi connectivity index (χ1) is 12.4. The van der Waals surface area contributed by atoms with Gasteiger partial charge in [-0.05, 0) is 11.6 Å². The molecule has 0 bridgehead atoms. The summed E-state index contributed by atoms with van der Waals surface area (Å²) in [7, 11) is 0. The standard InChI is InChI=1S/C18H16N6S/c1-2-6-13(7-3-1)12-25-18-21-17(23-24-18)22-20-11-14-10-19-16-9-5-4-8-15(14)16/h1-11,19H,12H2,(H2,21,22,23,24)/b20-11+. The van der Waals surface area contributed by atoms with Gasteiger partial charge in [-0.25, -0.2) is 10.5 Å². The molecule has 2 aromatic heterocycles. The fraction of sp³-hybridized carbons (Fsp3) is 0.0556. The first-order valence-electron chi connectivity index (χ1n) is 7.83. The number of nitrogens with zero attached hydrogens (tertiary/aromatic N) is 3. The second-order valence-electron chi connectivity index (χ2n) is 5.40. The molecule has 124 valence electrons. The summed E-state index contributed by atoms with van der Waals surface area (Å²) in [6.07, 6.45) is 3.69. The number of thioether (sulfide) groups is 1. The maximum Gasteiger partial charge on any atom is 0.240 e. The molecule has 6 nitrogen and oxygen atoms in total. The number of aromatic nitrogens is 4. The number of hydrogen-bond acceptors (Lipinski definition) is 5. The lowest BCUT2D eigenvalue weighted by Gasteiger charge is -1.96. The van der Waals surface area contributed by atoms with E-state index < -0.39 is 0 Å². The summed E-state index contributed by atoms with van der Waals surface area (Å²) < 4.78 is 0. The summed E-state index contributed by atoms with van der Waals surface area (Å²) >= 11 is 1.58. The normalized spacial score (nSPS) is 11.4. The number of aromatic amines is 2. The van der Waals surface area contributed by atoms with E-state index in [1.165, 1.54) is 5.56 Å². The monoisotopic (exact) mass is 348 g/mol. The van der Waals surface area contributed by atoms with Crippen LogP contribution in [0.1, 0.15) is 11.1 Å². The van der Waals surface area contributed by atoms with Crippen LogP contribution in [-0.4, -0.2) is 26.4 Å². The Labute approximate surface area is 148 Å². The average Bonchev–Trinajstić information content (AvgIpc) is 3.28. The van der Waals surface area contributed by atoms with Crippen LogP contribution in [0.15, 0.2) is 71.1 Å². The number of para-hydroxylation sites is 1. The highest BCUT2D eigenvalue weighted by atomic mass is 32.2. The SMILES string of the molecule is C(=N\Nc1nc(SCc2ccccc2)n[nH]1)/c1c[nH]c2ccccc12. The Hall–Kier alpha value is -3.06. The zero-order valence-corrected chi connectivity index (χ0v) is 14.1. The van der Waals surface area contributed by atoms with Crippen molar-refractivity contribution in [2.45, 2.75) is 10.9 Å². The van der Waals surface area contributed by atoms with Gasteiger partial charge < -0.3 is 4.98 Å². The molecular formula is C18H16N6S. The van der Waals surface area contributed by atoms with Crippen molar-refractivity contribution in [3.05, 3.63) is 71.9 Å². The number of nitrogens with one attached hydrogen (secondary N) is 3. The first-order valence-corrected chi connectivity index (χ1v) is 8.81. The Morgan fingerprint density at radius 1 is 1.08 bits per heavy atom. The van der Waals surface area contributed by atoms with Crippen molar-refractivity contribution in [1.29, 1.82) is 0 Å². The van der Waals surface area contributed by atoms with Crippen LogP contribution in [0.5, 0.6) is 0 Å². The van der Waals surface area contributed by atoms with Crippen molar-refractivity contribution in [3.8, 4) is 0 Å². The van der Waals surface area contributed by atoms with Crippen LogP contribution in [0.4, 0.5) is 5.95 Å². The molecule has 0 spiro atoms. The summed E-state index contributed by atoms with van der Waals surface area (Å²) in [6.45, 7) is 0. The fourth-order valence-electron chi connectivity index (χ4n) is 2.45. The van der Waals surface area contributed by atoms with Crippen LogP contribution in [0.2, 0.25) is 0 Å². The van der Waals surface area contributed by atoms with Gasteiger partial charge in [0.25, 0.3) is 0 Å². The van der Waals surface area contributed by atoms with Gasteiger partial charge >= 0.3 is 0 Å². The Balaban J connectivity index is 1.36. The molecule has 0 amide bonds. The van der Waals surface area contributed by atoms with Gasteiger partial charge in [-0.2, -0.15) is 10.1 Å². The molecule has 7 heteroatoms. The first kappa shape index (κ1) is 15.5. The van der Waals surface area contributed by atoms with Crippen molar-refractivity contribution in [3.63, 3.8) is 0 Å². The van der Waals surface area contributed by atoms with Crippen LogP contribution < -0.4 is 5.43 Å².